The molecule has 0 saturated heterocycles. The number of nitrogens with zero attached hydrogens (tertiary/aromatic N) is 1. The zero-order valence-electron chi connectivity index (χ0n) is 9.94. The van der Waals surface area contributed by atoms with Gasteiger partial charge in [-0.3, -0.25) is 0 Å². The smallest absolute Gasteiger partial charge is 0.360 e. The maximum atomic E-state index is 13.2. The van der Waals surface area contributed by atoms with Crippen LogP contribution in [0.4, 0.5) is 15.1 Å². The van der Waals surface area contributed by atoms with E-state index in [0.29, 0.717) is 15.7 Å². The second-order valence-corrected chi connectivity index (χ2v) is 4.76. The number of aromatic nitrogens is 1. The molecule has 1 aromatic heterocycles. The summed E-state index contributed by atoms with van der Waals surface area (Å²) in [5.41, 5.74) is 2.03. The summed E-state index contributed by atoms with van der Waals surface area (Å²) in [6, 6.07) is 3.94. The Hall–Kier alpha value is -1.66. The fourth-order valence-corrected chi connectivity index (χ4v) is 2.24. The van der Waals surface area contributed by atoms with Gasteiger partial charge in [0.05, 0.1) is 22.8 Å². The van der Waals surface area contributed by atoms with Gasteiger partial charge in [0.2, 0.25) is 0 Å². The van der Waals surface area contributed by atoms with Crippen molar-refractivity contribution in [2.75, 3.05) is 11.9 Å². The fourth-order valence-electron chi connectivity index (χ4n) is 1.40. The summed E-state index contributed by atoms with van der Waals surface area (Å²) in [7, 11) is 0. The Labute approximate surface area is 118 Å². The van der Waals surface area contributed by atoms with Crippen LogP contribution in [0.2, 0.25) is 5.02 Å². The normalized spacial score (nSPS) is 10.3. The monoisotopic (exact) mass is 300 g/mol. The highest BCUT2D eigenvalue weighted by atomic mass is 35.5. The second-order valence-electron chi connectivity index (χ2n) is 3.50. The van der Waals surface area contributed by atoms with Gasteiger partial charge in [0.1, 0.15) is 10.8 Å². The lowest BCUT2D eigenvalue weighted by Gasteiger charge is -2.07. The molecule has 0 saturated carbocycles. The first-order valence-electron chi connectivity index (χ1n) is 5.44. The van der Waals surface area contributed by atoms with Crippen LogP contribution < -0.4 is 5.32 Å². The highest BCUT2D eigenvalue weighted by Crippen LogP contribution is 2.30. The van der Waals surface area contributed by atoms with Crippen LogP contribution in [0.5, 0.6) is 0 Å². The number of rotatable bonds is 4. The lowest BCUT2D eigenvalue weighted by Crippen LogP contribution is -2.07. The molecule has 0 atom stereocenters. The molecule has 2 aromatic rings. The van der Waals surface area contributed by atoms with Gasteiger partial charge in [0.25, 0.3) is 0 Å². The number of esters is 1. The second kappa shape index (κ2) is 5.99. The number of thiazole rings is 1. The van der Waals surface area contributed by atoms with Gasteiger partial charge >= 0.3 is 5.97 Å². The Bertz CT molecular complexity index is 603. The van der Waals surface area contributed by atoms with Crippen LogP contribution in [-0.2, 0) is 4.74 Å². The molecule has 0 unspecified atom stereocenters. The molecule has 4 nitrogen and oxygen atoms in total. The Morgan fingerprint density at radius 3 is 3.11 bits per heavy atom. The van der Waals surface area contributed by atoms with E-state index in [-0.39, 0.29) is 12.3 Å². The van der Waals surface area contributed by atoms with E-state index in [2.05, 4.69) is 10.3 Å². The average molecular weight is 301 g/mol. The zero-order chi connectivity index (χ0) is 13.8. The van der Waals surface area contributed by atoms with E-state index in [1.54, 1.807) is 6.92 Å². The van der Waals surface area contributed by atoms with Gasteiger partial charge in [-0.15, -0.1) is 11.3 Å². The lowest BCUT2D eigenvalue weighted by atomic mass is 10.3. The number of ether oxygens (including phenoxy) is 1. The van der Waals surface area contributed by atoms with Crippen LogP contribution in [0.15, 0.2) is 23.7 Å². The molecule has 2 rings (SSSR count). The molecule has 0 aliphatic heterocycles. The third kappa shape index (κ3) is 3.21. The first-order chi connectivity index (χ1) is 9.11. The van der Waals surface area contributed by atoms with Gasteiger partial charge in [-0.25, -0.2) is 14.2 Å². The molecule has 0 aliphatic carbocycles. The minimum atomic E-state index is -0.529. The fraction of sp³-hybridized carbons (Fsp3) is 0.167. The standard InChI is InChI=1S/C12H10ClFN2O2S/c1-2-18-12(17)10-11(19-6-15-10)16-9-5-7(14)3-4-8(9)13/h3-6,16H,2H2,1H3. The quantitative estimate of drug-likeness (QED) is 0.871. The molecule has 0 bridgehead atoms. The van der Waals surface area contributed by atoms with Gasteiger partial charge in [-0.2, -0.15) is 0 Å². The van der Waals surface area contributed by atoms with Crippen LogP contribution in [0.3, 0.4) is 0 Å². The number of hydrogen-bond donors (Lipinski definition) is 1. The Morgan fingerprint density at radius 1 is 1.58 bits per heavy atom. The molecule has 19 heavy (non-hydrogen) atoms. The third-order valence-electron chi connectivity index (χ3n) is 2.21. The number of carbonyl (C=O) groups excluding carboxylic acids is 1. The van der Waals surface area contributed by atoms with E-state index in [1.165, 1.54) is 35.0 Å². The van der Waals surface area contributed by atoms with Crippen LogP contribution >= 0.6 is 22.9 Å². The summed E-state index contributed by atoms with van der Waals surface area (Å²) in [5, 5.41) is 3.70. The van der Waals surface area contributed by atoms with E-state index in [0.717, 1.165) is 0 Å². The van der Waals surface area contributed by atoms with Gasteiger partial charge in [-0.05, 0) is 25.1 Å². The summed E-state index contributed by atoms with van der Waals surface area (Å²) in [6.07, 6.45) is 0. The maximum Gasteiger partial charge on any atom is 0.360 e. The van der Waals surface area contributed by atoms with Crippen molar-refractivity contribution in [2.24, 2.45) is 0 Å². The molecule has 1 N–H and O–H groups in total. The van der Waals surface area contributed by atoms with Crippen molar-refractivity contribution in [3.8, 4) is 0 Å². The number of nitrogens with one attached hydrogen (secondary N) is 1. The lowest BCUT2D eigenvalue weighted by molar-refractivity contribution is 0.0521. The zero-order valence-corrected chi connectivity index (χ0v) is 11.5. The predicted octanol–water partition coefficient (Wildman–Crippen LogP) is 3.86. The Kier molecular flexibility index (Phi) is 4.34. The molecular weight excluding hydrogens is 291 g/mol. The van der Waals surface area contributed by atoms with Crippen molar-refractivity contribution in [1.82, 2.24) is 4.98 Å². The van der Waals surface area contributed by atoms with Gasteiger partial charge < -0.3 is 10.1 Å². The van der Waals surface area contributed by atoms with Gasteiger partial charge in [0, 0.05) is 0 Å². The molecule has 0 aliphatic rings. The van der Waals surface area contributed by atoms with E-state index < -0.39 is 11.8 Å². The van der Waals surface area contributed by atoms with Crippen molar-refractivity contribution < 1.29 is 13.9 Å². The first kappa shape index (κ1) is 13.8. The molecule has 0 amide bonds. The highest BCUT2D eigenvalue weighted by Gasteiger charge is 2.17. The maximum absolute atomic E-state index is 13.2. The minimum Gasteiger partial charge on any atom is -0.461 e. The third-order valence-corrected chi connectivity index (χ3v) is 3.28. The predicted molar refractivity (Wildman–Crippen MR) is 72.8 cm³/mol. The van der Waals surface area contributed by atoms with E-state index >= 15 is 0 Å². The average Bonchev–Trinajstić information content (AvgIpc) is 2.82. The SMILES string of the molecule is CCOC(=O)c1ncsc1Nc1cc(F)ccc1Cl. The van der Waals surface area contributed by atoms with E-state index in [4.69, 9.17) is 16.3 Å². The molecule has 7 heteroatoms. The molecule has 0 fully saturated rings. The van der Waals surface area contributed by atoms with E-state index in [9.17, 15) is 9.18 Å². The van der Waals surface area contributed by atoms with Gasteiger partial charge in [0.15, 0.2) is 5.69 Å². The summed E-state index contributed by atoms with van der Waals surface area (Å²) in [4.78, 5) is 15.6. The van der Waals surface area contributed by atoms with Crippen LogP contribution in [-0.4, -0.2) is 17.6 Å². The molecule has 1 aromatic carbocycles. The minimum absolute atomic E-state index is 0.159. The molecule has 0 spiro atoms. The van der Waals surface area contributed by atoms with Crippen LogP contribution in [0.25, 0.3) is 0 Å². The van der Waals surface area contributed by atoms with Crippen molar-refractivity contribution in [2.45, 2.75) is 6.92 Å². The summed E-state index contributed by atoms with van der Waals surface area (Å²) in [6.45, 7) is 1.97. The summed E-state index contributed by atoms with van der Waals surface area (Å²) in [5.74, 6) is -0.951. The Balaban J connectivity index is 2.26. The molecule has 0 radical (unpaired) electrons. The molecular formula is C12H10ClFN2O2S. The highest BCUT2D eigenvalue weighted by molar-refractivity contribution is 7.14. The van der Waals surface area contributed by atoms with Crippen molar-refractivity contribution in [1.29, 1.82) is 0 Å². The van der Waals surface area contributed by atoms with Crippen LogP contribution in [0, 0.1) is 5.82 Å². The molecule has 100 valence electrons. The molecule has 1 heterocycles. The van der Waals surface area contributed by atoms with Crippen molar-refractivity contribution >= 4 is 39.6 Å². The number of halogens is 2. The summed E-state index contributed by atoms with van der Waals surface area (Å²) < 4.78 is 18.0. The number of benzene rings is 1. The van der Waals surface area contributed by atoms with Gasteiger partial charge in [-0.1, -0.05) is 11.6 Å². The summed E-state index contributed by atoms with van der Waals surface area (Å²) >= 11 is 7.15. The topological polar surface area (TPSA) is 51.2 Å². The number of carbonyl (C=O) groups is 1. The number of anilines is 2. The van der Waals surface area contributed by atoms with Crippen molar-refractivity contribution in [3.05, 3.63) is 40.2 Å². The number of hydrogen-bond acceptors (Lipinski definition) is 5. The first-order valence-corrected chi connectivity index (χ1v) is 6.70. The van der Waals surface area contributed by atoms with Crippen molar-refractivity contribution in [3.63, 3.8) is 0 Å². The van der Waals surface area contributed by atoms with E-state index in [1.807, 2.05) is 0 Å². The Morgan fingerprint density at radius 2 is 2.37 bits per heavy atom. The van der Waals surface area contributed by atoms with Crippen LogP contribution in [0.1, 0.15) is 17.4 Å². The largest absolute Gasteiger partial charge is 0.461 e.